The summed E-state index contributed by atoms with van der Waals surface area (Å²) in [7, 11) is 3.05. The Hall–Kier alpha value is -1.21. The van der Waals surface area contributed by atoms with Gasteiger partial charge in [0.05, 0.1) is 25.9 Å². The van der Waals surface area contributed by atoms with Crippen molar-refractivity contribution in [3.63, 3.8) is 0 Å². The van der Waals surface area contributed by atoms with E-state index in [-0.39, 0.29) is 0 Å². The number of aromatic nitrogens is 2. The molecule has 1 aromatic heterocycles. The SMILES string of the molecule is COc1cc(OC)nc(NCC(C)(O)CSC)n1. The van der Waals surface area contributed by atoms with Crippen LogP contribution in [0.25, 0.3) is 0 Å². The molecule has 102 valence electrons. The van der Waals surface area contributed by atoms with Gasteiger partial charge in [0.15, 0.2) is 0 Å². The van der Waals surface area contributed by atoms with Crippen LogP contribution in [0.1, 0.15) is 6.92 Å². The van der Waals surface area contributed by atoms with Crippen molar-refractivity contribution < 1.29 is 14.6 Å². The van der Waals surface area contributed by atoms with Crippen molar-refractivity contribution >= 4 is 17.7 Å². The molecule has 1 aromatic rings. The van der Waals surface area contributed by atoms with Crippen molar-refractivity contribution in [2.45, 2.75) is 12.5 Å². The van der Waals surface area contributed by atoms with Crippen LogP contribution in [0.5, 0.6) is 11.8 Å². The van der Waals surface area contributed by atoms with Crippen LogP contribution in [0.4, 0.5) is 5.95 Å². The Labute approximate surface area is 111 Å². The van der Waals surface area contributed by atoms with Crippen molar-refractivity contribution in [2.75, 3.05) is 38.1 Å². The van der Waals surface area contributed by atoms with Crippen LogP contribution in [-0.2, 0) is 0 Å². The smallest absolute Gasteiger partial charge is 0.229 e. The molecule has 1 rings (SSSR count). The minimum atomic E-state index is -0.820. The fourth-order valence-electron chi connectivity index (χ4n) is 1.32. The molecule has 0 saturated heterocycles. The number of hydrogen-bond acceptors (Lipinski definition) is 7. The number of ether oxygens (including phenoxy) is 2. The summed E-state index contributed by atoms with van der Waals surface area (Å²) in [4.78, 5) is 8.24. The maximum Gasteiger partial charge on any atom is 0.229 e. The van der Waals surface area contributed by atoms with Gasteiger partial charge in [0.1, 0.15) is 0 Å². The van der Waals surface area contributed by atoms with E-state index >= 15 is 0 Å². The number of hydrogen-bond donors (Lipinski definition) is 2. The molecule has 2 N–H and O–H groups in total. The fraction of sp³-hybridized carbons (Fsp3) is 0.636. The van der Waals surface area contributed by atoms with E-state index in [4.69, 9.17) is 9.47 Å². The Morgan fingerprint density at radius 3 is 2.33 bits per heavy atom. The minimum Gasteiger partial charge on any atom is -0.481 e. The second-order valence-electron chi connectivity index (χ2n) is 4.06. The number of aliphatic hydroxyl groups is 1. The van der Waals surface area contributed by atoms with Gasteiger partial charge in [-0.3, -0.25) is 0 Å². The van der Waals surface area contributed by atoms with Crippen molar-refractivity contribution in [2.24, 2.45) is 0 Å². The summed E-state index contributed by atoms with van der Waals surface area (Å²) < 4.78 is 10.1. The quantitative estimate of drug-likeness (QED) is 0.768. The highest BCUT2D eigenvalue weighted by atomic mass is 32.2. The number of rotatable bonds is 7. The molecule has 0 aliphatic rings. The molecule has 0 radical (unpaired) electrons. The molecule has 7 heteroatoms. The minimum absolute atomic E-state index is 0.351. The molecule has 0 amide bonds. The van der Waals surface area contributed by atoms with Crippen LogP contribution >= 0.6 is 11.8 Å². The number of nitrogens with one attached hydrogen (secondary N) is 1. The Kier molecular flexibility index (Phi) is 5.49. The van der Waals surface area contributed by atoms with Crippen LogP contribution in [-0.4, -0.2) is 53.4 Å². The zero-order valence-corrected chi connectivity index (χ0v) is 11.9. The molecule has 0 aliphatic carbocycles. The van der Waals surface area contributed by atoms with Gasteiger partial charge in [-0.15, -0.1) is 0 Å². The van der Waals surface area contributed by atoms with Crippen LogP contribution < -0.4 is 14.8 Å². The predicted molar refractivity (Wildman–Crippen MR) is 72.6 cm³/mol. The second kappa shape index (κ2) is 6.65. The van der Waals surface area contributed by atoms with Crippen molar-refractivity contribution in [1.29, 1.82) is 0 Å². The lowest BCUT2D eigenvalue weighted by Crippen LogP contribution is -2.36. The maximum absolute atomic E-state index is 10.0. The van der Waals surface area contributed by atoms with E-state index in [0.29, 0.717) is 30.0 Å². The molecule has 0 aromatic carbocycles. The topological polar surface area (TPSA) is 76.5 Å². The maximum atomic E-state index is 10.0. The average Bonchev–Trinajstić information content (AvgIpc) is 2.36. The lowest BCUT2D eigenvalue weighted by Gasteiger charge is -2.22. The summed E-state index contributed by atoms with van der Waals surface area (Å²) in [6.07, 6.45) is 1.94. The molecule has 1 heterocycles. The first-order valence-corrected chi connectivity index (χ1v) is 6.82. The summed E-state index contributed by atoms with van der Waals surface area (Å²) in [5, 5.41) is 13.0. The Bertz CT molecular complexity index is 366. The highest BCUT2D eigenvalue weighted by Crippen LogP contribution is 2.18. The lowest BCUT2D eigenvalue weighted by molar-refractivity contribution is 0.0995. The zero-order chi connectivity index (χ0) is 13.6. The number of methoxy groups -OCH3 is 2. The van der Waals surface area contributed by atoms with Gasteiger partial charge in [-0.25, -0.2) is 0 Å². The Morgan fingerprint density at radius 1 is 1.33 bits per heavy atom. The molecule has 1 atom stereocenters. The molecule has 1 unspecified atom stereocenters. The van der Waals surface area contributed by atoms with Gasteiger partial charge in [-0.05, 0) is 13.2 Å². The van der Waals surface area contributed by atoms with Crippen LogP contribution in [0, 0.1) is 0 Å². The Balaban J connectivity index is 2.72. The van der Waals surface area contributed by atoms with Gasteiger partial charge in [0, 0.05) is 12.3 Å². The third kappa shape index (κ3) is 4.58. The monoisotopic (exact) mass is 273 g/mol. The normalized spacial score (nSPS) is 13.8. The van der Waals surface area contributed by atoms with E-state index in [0.717, 1.165) is 0 Å². The first-order chi connectivity index (χ1) is 8.50. The van der Waals surface area contributed by atoms with Gasteiger partial charge in [0.25, 0.3) is 0 Å². The van der Waals surface area contributed by atoms with Gasteiger partial charge < -0.3 is 19.9 Å². The van der Waals surface area contributed by atoms with E-state index in [2.05, 4.69) is 15.3 Å². The van der Waals surface area contributed by atoms with E-state index in [1.54, 1.807) is 24.8 Å². The highest BCUT2D eigenvalue weighted by molar-refractivity contribution is 7.98. The fourth-order valence-corrected chi connectivity index (χ4v) is 2.05. The highest BCUT2D eigenvalue weighted by Gasteiger charge is 2.20. The Morgan fingerprint density at radius 2 is 1.89 bits per heavy atom. The second-order valence-corrected chi connectivity index (χ2v) is 4.93. The van der Waals surface area contributed by atoms with Gasteiger partial charge in [-0.2, -0.15) is 21.7 Å². The summed E-state index contributed by atoms with van der Waals surface area (Å²) >= 11 is 1.58. The largest absolute Gasteiger partial charge is 0.481 e. The van der Waals surface area contributed by atoms with Gasteiger partial charge in [0.2, 0.25) is 17.7 Å². The average molecular weight is 273 g/mol. The van der Waals surface area contributed by atoms with Gasteiger partial charge in [-0.1, -0.05) is 0 Å². The van der Waals surface area contributed by atoms with Crippen molar-refractivity contribution in [3.8, 4) is 11.8 Å². The molecule has 6 nitrogen and oxygen atoms in total. The number of anilines is 1. The summed E-state index contributed by atoms with van der Waals surface area (Å²) in [5.74, 6) is 1.82. The molecule has 0 aliphatic heterocycles. The van der Waals surface area contributed by atoms with Crippen LogP contribution in [0.2, 0.25) is 0 Å². The standard InChI is InChI=1S/C11H19N3O3S/c1-11(15,7-18-4)6-12-10-13-8(16-2)5-9(14-10)17-3/h5,15H,6-7H2,1-4H3,(H,12,13,14). The molecular weight excluding hydrogens is 254 g/mol. The summed E-state index contributed by atoms with van der Waals surface area (Å²) in [5.41, 5.74) is -0.820. The molecule has 0 saturated carbocycles. The van der Waals surface area contributed by atoms with Crippen LogP contribution in [0.3, 0.4) is 0 Å². The molecular formula is C11H19N3O3S. The van der Waals surface area contributed by atoms with Crippen molar-refractivity contribution in [1.82, 2.24) is 9.97 Å². The van der Waals surface area contributed by atoms with Crippen molar-refractivity contribution in [3.05, 3.63) is 6.07 Å². The first-order valence-electron chi connectivity index (χ1n) is 5.43. The summed E-state index contributed by atoms with van der Waals surface area (Å²) in [6, 6.07) is 1.59. The first kappa shape index (κ1) is 14.8. The van der Waals surface area contributed by atoms with E-state index in [1.165, 1.54) is 14.2 Å². The van der Waals surface area contributed by atoms with E-state index in [1.807, 2.05) is 6.26 Å². The third-order valence-corrected chi connectivity index (χ3v) is 3.09. The van der Waals surface area contributed by atoms with Gasteiger partial charge >= 0.3 is 0 Å². The molecule has 0 bridgehead atoms. The molecule has 18 heavy (non-hydrogen) atoms. The van der Waals surface area contributed by atoms with Crippen LogP contribution in [0.15, 0.2) is 6.07 Å². The molecule has 0 fully saturated rings. The summed E-state index contributed by atoms with van der Waals surface area (Å²) in [6.45, 7) is 2.11. The molecule has 0 spiro atoms. The lowest BCUT2D eigenvalue weighted by atomic mass is 10.1. The van der Waals surface area contributed by atoms with E-state index in [9.17, 15) is 5.11 Å². The number of nitrogens with zero attached hydrogens (tertiary/aromatic N) is 2. The number of thioether (sulfide) groups is 1. The predicted octanol–water partition coefficient (Wildman–Crippen LogP) is 1.02. The van der Waals surface area contributed by atoms with E-state index < -0.39 is 5.60 Å². The third-order valence-electron chi connectivity index (χ3n) is 2.18. The zero-order valence-electron chi connectivity index (χ0n) is 11.1.